The van der Waals surface area contributed by atoms with Crippen molar-refractivity contribution in [2.24, 2.45) is 11.8 Å². The molecule has 2 amide bonds. The van der Waals surface area contributed by atoms with Gasteiger partial charge in [-0.15, -0.1) is 0 Å². The second kappa shape index (κ2) is 6.49. The Labute approximate surface area is 116 Å². The van der Waals surface area contributed by atoms with E-state index in [1.54, 1.807) is 13.1 Å². The van der Waals surface area contributed by atoms with Crippen molar-refractivity contribution in [2.45, 2.75) is 19.4 Å². The topological polar surface area (TPSA) is 113 Å². The fourth-order valence-electron chi connectivity index (χ4n) is 2.35. The summed E-state index contributed by atoms with van der Waals surface area (Å²) in [4.78, 5) is 25.0. The van der Waals surface area contributed by atoms with E-state index in [0.717, 1.165) is 25.9 Å². The van der Waals surface area contributed by atoms with E-state index in [9.17, 15) is 9.59 Å². The van der Waals surface area contributed by atoms with Crippen molar-refractivity contribution < 1.29 is 14.1 Å². The number of nitrogens with two attached hydrogens (primary N) is 1. The maximum atomic E-state index is 11.5. The first-order chi connectivity index (χ1) is 9.63. The molecule has 0 bridgehead atoms. The summed E-state index contributed by atoms with van der Waals surface area (Å²) < 4.78 is 5.10. The van der Waals surface area contributed by atoms with Crippen LogP contribution in [0.5, 0.6) is 0 Å². The van der Waals surface area contributed by atoms with Gasteiger partial charge in [-0.1, -0.05) is 5.16 Å². The molecule has 0 spiro atoms. The van der Waals surface area contributed by atoms with Crippen molar-refractivity contribution >= 4 is 11.8 Å². The number of aromatic nitrogens is 1. The zero-order valence-corrected chi connectivity index (χ0v) is 11.4. The molecule has 1 aromatic heterocycles. The molecule has 1 aliphatic rings. The van der Waals surface area contributed by atoms with Crippen LogP contribution in [0.2, 0.25) is 0 Å². The van der Waals surface area contributed by atoms with Crippen molar-refractivity contribution in [1.82, 2.24) is 20.8 Å². The summed E-state index contributed by atoms with van der Waals surface area (Å²) >= 11 is 0. The maximum absolute atomic E-state index is 11.5. The molecule has 0 saturated carbocycles. The molecule has 1 aromatic rings. The minimum atomic E-state index is -0.474. The normalized spacial score (nSPS) is 16.9. The highest BCUT2D eigenvalue weighted by Crippen LogP contribution is 2.19. The van der Waals surface area contributed by atoms with Crippen LogP contribution in [0.1, 0.15) is 29.1 Å². The number of nitrogens with one attached hydrogen (secondary N) is 2. The second-order valence-corrected chi connectivity index (χ2v) is 4.82. The average Bonchev–Trinajstić information content (AvgIpc) is 2.95. The Morgan fingerprint density at radius 1 is 1.50 bits per heavy atom. The lowest BCUT2D eigenvalue weighted by Crippen LogP contribution is -2.39. The number of amides is 2. The van der Waals surface area contributed by atoms with Crippen LogP contribution in [0.15, 0.2) is 10.6 Å². The van der Waals surface area contributed by atoms with E-state index in [2.05, 4.69) is 15.4 Å². The van der Waals surface area contributed by atoms with E-state index in [1.165, 1.54) is 0 Å². The first-order valence-corrected chi connectivity index (χ1v) is 6.54. The highest BCUT2D eigenvalue weighted by Gasteiger charge is 2.25. The number of carbonyl (C=O) groups is 2. The number of nitrogen functional groups attached to an aromatic ring is 1. The van der Waals surface area contributed by atoms with Gasteiger partial charge in [0.1, 0.15) is 0 Å². The first kappa shape index (κ1) is 14.5. The molecule has 1 fully saturated rings. The molecule has 0 radical (unpaired) electrons. The minimum Gasteiger partial charge on any atom is -0.359 e. The number of hydrazine groups is 1. The van der Waals surface area contributed by atoms with Crippen LogP contribution in [0, 0.1) is 5.92 Å². The molecule has 1 aliphatic heterocycles. The van der Waals surface area contributed by atoms with Gasteiger partial charge in [-0.05, 0) is 25.9 Å². The van der Waals surface area contributed by atoms with Crippen molar-refractivity contribution in [3.8, 4) is 0 Å². The number of hydrogen-bond donors (Lipinski definition) is 3. The first-order valence-electron chi connectivity index (χ1n) is 6.54. The summed E-state index contributed by atoms with van der Waals surface area (Å²) in [6.45, 7) is 2.21. The highest BCUT2D eigenvalue weighted by atomic mass is 16.5. The molecule has 20 heavy (non-hydrogen) atoms. The number of hydrogen-bond acceptors (Lipinski definition) is 6. The molecule has 8 nitrogen and oxygen atoms in total. The minimum absolute atomic E-state index is 0.0876. The molecule has 1 saturated heterocycles. The van der Waals surface area contributed by atoms with Gasteiger partial charge in [0.15, 0.2) is 11.5 Å². The average molecular weight is 281 g/mol. The van der Waals surface area contributed by atoms with E-state index in [0.29, 0.717) is 12.3 Å². The quantitative estimate of drug-likeness (QED) is 0.379. The molecule has 2 heterocycles. The Morgan fingerprint density at radius 2 is 2.20 bits per heavy atom. The van der Waals surface area contributed by atoms with Crippen LogP contribution in [0.3, 0.4) is 0 Å². The van der Waals surface area contributed by atoms with Gasteiger partial charge in [-0.3, -0.25) is 19.9 Å². The van der Waals surface area contributed by atoms with Gasteiger partial charge in [0.25, 0.3) is 5.91 Å². The van der Waals surface area contributed by atoms with Crippen LogP contribution < -0.4 is 16.6 Å². The zero-order chi connectivity index (χ0) is 14.5. The van der Waals surface area contributed by atoms with E-state index < -0.39 is 5.91 Å². The SMILES string of the molecule is CNC(=O)C1CCN(Cc2cc(C(=O)NN)no2)CC1. The molecule has 0 aliphatic carbocycles. The summed E-state index contributed by atoms with van der Waals surface area (Å²) in [6.07, 6.45) is 1.65. The smallest absolute Gasteiger partial charge is 0.287 e. The van der Waals surface area contributed by atoms with E-state index in [1.807, 2.05) is 5.43 Å². The number of rotatable bonds is 4. The van der Waals surface area contributed by atoms with Crippen molar-refractivity contribution in [3.63, 3.8) is 0 Å². The molecule has 0 atom stereocenters. The zero-order valence-electron chi connectivity index (χ0n) is 11.4. The summed E-state index contributed by atoms with van der Waals surface area (Å²) in [6, 6.07) is 1.58. The van der Waals surface area contributed by atoms with Crippen LogP contribution in [0.25, 0.3) is 0 Å². The standard InChI is InChI=1S/C12H19N5O3/c1-14-11(18)8-2-4-17(5-3-8)7-9-6-10(16-20-9)12(19)15-13/h6,8H,2-5,7,13H2,1H3,(H,14,18)(H,15,19). The van der Waals surface area contributed by atoms with Gasteiger partial charge in [0, 0.05) is 19.0 Å². The van der Waals surface area contributed by atoms with Gasteiger partial charge < -0.3 is 9.84 Å². The summed E-state index contributed by atoms with van der Waals surface area (Å²) in [5, 5.41) is 6.33. The van der Waals surface area contributed by atoms with Crippen molar-refractivity contribution in [1.29, 1.82) is 0 Å². The van der Waals surface area contributed by atoms with Crippen LogP contribution in [0.4, 0.5) is 0 Å². The summed E-state index contributed by atoms with van der Waals surface area (Å²) in [5.41, 5.74) is 2.17. The Hall–Kier alpha value is -1.93. The van der Waals surface area contributed by atoms with E-state index in [-0.39, 0.29) is 17.5 Å². The van der Waals surface area contributed by atoms with Crippen molar-refractivity contribution in [2.75, 3.05) is 20.1 Å². The molecular weight excluding hydrogens is 262 g/mol. The lowest BCUT2D eigenvalue weighted by atomic mass is 9.96. The predicted octanol–water partition coefficient (Wildman–Crippen LogP) is -0.764. The Balaban J connectivity index is 1.85. The van der Waals surface area contributed by atoms with Gasteiger partial charge in [-0.25, -0.2) is 5.84 Å². The lowest BCUT2D eigenvalue weighted by Gasteiger charge is -2.30. The predicted molar refractivity (Wildman–Crippen MR) is 70.2 cm³/mol. The van der Waals surface area contributed by atoms with E-state index >= 15 is 0 Å². The summed E-state index contributed by atoms with van der Waals surface area (Å²) in [5.74, 6) is 5.35. The third-order valence-electron chi connectivity index (χ3n) is 3.51. The monoisotopic (exact) mass is 281 g/mol. The molecule has 4 N–H and O–H groups in total. The Bertz CT molecular complexity index is 479. The molecule has 0 unspecified atom stereocenters. The Kier molecular flexibility index (Phi) is 4.70. The highest BCUT2D eigenvalue weighted by molar-refractivity contribution is 5.91. The molecule has 8 heteroatoms. The fraction of sp³-hybridized carbons (Fsp3) is 0.583. The molecule has 2 rings (SSSR count). The lowest BCUT2D eigenvalue weighted by molar-refractivity contribution is -0.125. The van der Waals surface area contributed by atoms with Gasteiger partial charge in [-0.2, -0.15) is 0 Å². The third-order valence-corrected chi connectivity index (χ3v) is 3.51. The maximum Gasteiger partial charge on any atom is 0.287 e. The second-order valence-electron chi connectivity index (χ2n) is 4.82. The van der Waals surface area contributed by atoms with E-state index in [4.69, 9.17) is 10.4 Å². The fourth-order valence-corrected chi connectivity index (χ4v) is 2.35. The molecular formula is C12H19N5O3. The number of piperidine rings is 1. The number of likely N-dealkylation sites (tertiary alicyclic amines) is 1. The molecule has 0 aromatic carbocycles. The number of nitrogens with zero attached hydrogens (tertiary/aromatic N) is 2. The van der Waals surface area contributed by atoms with Crippen molar-refractivity contribution in [3.05, 3.63) is 17.5 Å². The third kappa shape index (κ3) is 3.34. The van der Waals surface area contributed by atoms with Crippen LogP contribution in [-0.2, 0) is 11.3 Å². The molecule has 110 valence electrons. The van der Waals surface area contributed by atoms with Crippen LogP contribution in [-0.4, -0.2) is 42.0 Å². The summed E-state index contributed by atoms with van der Waals surface area (Å²) in [7, 11) is 1.66. The van der Waals surface area contributed by atoms with Gasteiger partial charge >= 0.3 is 0 Å². The Morgan fingerprint density at radius 3 is 2.80 bits per heavy atom. The van der Waals surface area contributed by atoms with Gasteiger partial charge in [0.05, 0.1) is 6.54 Å². The van der Waals surface area contributed by atoms with Gasteiger partial charge in [0.2, 0.25) is 5.91 Å². The van der Waals surface area contributed by atoms with Crippen LogP contribution >= 0.6 is 0 Å². The number of carbonyl (C=O) groups excluding carboxylic acids is 2. The largest absolute Gasteiger partial charge is 0.359 e.